The quantitative estimate of drug-likeness (QED) is 0.0828. The van der Waals surface area contributed by atoms with Crippen LogP contribution in [-0.2, 0) is 40.7 Å². The summed E-state index contributed by atoms with van der Waals surface area (Å²) in [5.41, 5.74) is 9.38. The molecule has 362 valence electrons. The van der Waals surface area contributed by atoms with E-state index in [1.807, 2.05) is 42.6 Å². The Hall–Kier alpha value is -6.28. The lowest BCUT2D eigenvalue weighted by atomic mass is 9.66. The molecule has 2 fully saturated rings. The number of carbonyl (C=O) groups excluding carboxylic acids is 2. The van der Waals surface area contributed by atoms with Crippen molar-refractivity contribution in [3.8, 4) is 29.1 Å². The Morgan fingerprint density at radius 2 is 1.70 bits per heavy atom. The monoisotopic (exact) mass is 937 g/mol. The number of H-pyrrole nitrogens is 1. The Labute approximate surface area is 410 Å². The largest absolute Gasteiger partial charge is 0.664 e. The van der Waals surface area contributed by atoms with E-state index >= 15 is 4.79 Å². The number of aromatic nitrogens is 2. The van der Waals surface area contributed by atoms with Gasteiger partial charge in [0.05, 0.1) is 18.1 Å². The highest BCUT2D eigenvalue weighted by Gasteiger charge is 2.45. The molecule has 4 heterocycles. The number of aryl methyl sites for hydroxylation is 2. The van der Waals surface area contributed by atoms with Crippen molar-refractivity contribution in [2.75, 3.05) is 6.61 Å². The minimum atomic E-state index is -1.12. The molecule has 5 N–H and O–H groups in total. The van der Waals surface area contributed by atoms with Crippen LogP contribution in [-0.4, -0.2) is 61.8 Å². The second-order valence-corrected chi connectivity index (χ2v) is 20.9. The molecule has 11 rings (SSSR count). The van der Waals surface area contributed by atoms with Gasteiger partial charge in [0.15, 0.2) is 17.3 Å². The highest BCUT2D eigenvalue weighted by molar-refractivity contribution is 6.05. The van der Waals surface area contributed by atoms with Gasteiger partial charge in [-0.15, -0.1) is 11.6 Å². The van der Waals surface area contributed by atoms with Gasteiger partial charge >= 0.3 is 0 Å². The number of nitrogens with one attached hydrogen (secondary N) is 1. The van der Waals surface area contributed by atoms with Crippen LogP contribution in [0.5, 0.6) is 17.2 Å². The molecule has 3 aromatic carbocycles. The maximum atomic E-state index is 15.9. The van der Waals surface area contributed by atoms with Gasteiger partial charge in [0, 0.05) is 54.4 Å². The first-order valence-electron chi connectivity index (χ1n) is 25.8. The van der Waals surface area contributed by atoms with Crippen molar-refractivity contribution in [1.29, 1.82) is 0 Å². The Balaban J connectivity index is 1.08. The minimum Gasteiger partial charge on any atom is -0.664 e. The minimum absolute atomic E-state index is 0.00669. The summed E-state index contributed by atoms with van der Waals surface area (Å²) in [4.78, 5) is 39.1. The van der Waals surface area contributed by atoms with Gasteiger partial charge in [-0.05, 0) is 140 Å². The number of Topliss-reactive ketones (excluding diaryl/α,β-unsaturated/α-hetero) is 2. The molecule has 0 unspecified atom stereocenters. The molecule has 5 aromatic rings. The summed E-state index contributed by atoms with van der Waals surface area (Å²) < 4.78 is 6.54. The molecule has 70 heavy (non-hydrogen) atoms. The first kappa shape index (κ1) is 46.1. The molecule has 10 heteroatoms. The van der Waals surface area contributed by atoms with Crippen LogP contribution >= 0.6 is 0 Å². The summed E-state index contributed by atoms with van der Waals surface area (Å²) in [6.07, 6.45) is 20.2. The molecule has 0 radical (unpaired) electrons. The molecule has 6 atom stereocenters. The second-order valence-electron chi connectivity index (χ2n) is 20.9. The van der Waals surface area contributed by atoms with Gasteiger partial charge in [0.25, 0.3) is 0 Å². The normalized spacial score (nSPS) is 25.3. The number of hydrogen-bond donors (Lipinski definition) is 5. The fourth-order valence-corrected chi connectivity index (χ4v) is 13.1. The number of aliphatic hydroxyl groups is 2. The van der Waals surface area contributed by atoms with Gasteiger partial charge in [-0.1, -0.05) is 103 Å². The highest BCUT2D eigenvalue weighted by Crippen LogP contribution is 2.50. The van der Waals surface area contributed by atoms with Crippen LogP contribution in [0.1, 0.15) is 145 Å². The fourth-order valence-electron chi connectivity index (χ4n) is 13.1. The third kappa shape index (κ3) is 8.81. The maximum Gasteiger partial charge on any atom is 0.161 e. The smallest absolute Gasteiger partial charge is 0.161 e. The molecular weight excluding hydrogens is 875 g/mol. The van der Waals surface area contributed by atoms with Crippen molar-refractivity contribution in [3.63, 3.8) is 0 Å². The van der Waals surface area contributed by atoms with Crippen LogP contribution in [0.25, 0.3) is 17.5 Å². The van der Waals surface area contributed by atoms with Crippen LogP contribution < -0.4 is 9.72 Å². The number of ether oxygens (including phenoxy) is 1. The summed E-state index contributed by atoms with van der Waals surface area (Å²) in [5, 5.41) is 51.4. The fraction of sp³-hybridized carbons (Fsp3) is 0.433. The van der Waals surface area contributed by atoms with Gasteiger partial charge < -0.3 is 40.4 Å². The number of aliphatic hydroxyl groups excluding tert-OH is 2. The zero-order chi connectivity index (χ0) is 47.9. The van der Waals surface area contributed by atoms with Gasteiger partial charge in [0.1, 0.15) is 11.5 Å². The molecule has 5 bridgehead atoms. The summed E-state index contributed by atoms with van der Waals surface area (Å²) in [6, 6.07) is 19.2. The summed E-state index contributed by atoms with van der Waals surface area (Å²) in [7, 11) is 0. The summed E-state index contributed by atoms with van der Waals surface area (Å²) in [6.45, 7) is -0.350. The topological polar surface area (TPSA) is 168 Å². The number of phenolic OH excluding ortho intramolecular Hbond substituents is 2. The number of carbonyl (C=O) groups is 2. The first-order chi connectivity index (χ1) is 34.2. The molecule has 2 aromatic heterocycles. The van der Waals surface area contributed by atoms with Gasteiger partial charge in [-0.25, -0.2) is 0 Å². The van der Waals surface area contributed by atoms with Crippen LogP contribution in [0.2, 0.25) is 0 Å². The number of fused-ring (bicyclic) bond motifs is 9. The lowest BCUT2D eigenvalue weighted by Crippen LogP contribution is -2.39. The molecule has 2 aliphatic heterocycles. The van der Waals surface area contributed by atoms with E-state index in [-0.39, 0.29) is 61.0 Å². The van der Waals surface area contributed by atoms with E-state index in [4.69, 9.17) is 15.0 Å². The van der Waals surface area contributed by atoms with Crippen molar-refractivity contribution in [1.82, 2.24) is 9.97 Å². The lowest BCUT2D eigenvalue weighted by Gasteiger charge is -2.41. The number of aromatic hydroxyl groups is 2. The van der Waals surface area contributed by atoms with Crippen molar-refractivity contribution in [2.45, 2.75) is 139 Å². The van der Waals surface area contributed by atoms with Gasteiger partial charge in [-0.2, -0.15) is 6.20 Å². The van der Waals surface area contributed by atoms with E-state index in [1.165, 1.54) is 0 Å². The van der Waals surface area contributed by atoms with E-state index in [9.17, 15) is 25.2 Å². The SMILES string of the molecule is O=C1CCc2cc(c(O)c(OC3CCCC3)c2)Cc2ccc3c(c2)Cc2cc[nH]c2[N-][C@H](C#CC[C@H](O)C32CCCC2)C2=Cc3[n-]ccc3[C@@H](C[C@@H]3C=Cc4c(O)cccc4CC3)[C@@H]2C(=O)[C@H]1CCO. The van der Waals surface area contributed by atoms with Crippen molar-refractivity contribution >= 4 is 29.5 Å². The van der Waals surface area contributed by atoms with Crippen LogP contribution in [0, 0.1) is 29.6 Å². The molecular formula is C60H63N3O7-2. The number of hydrogen-bond acceptors (Lipinski definition) is 7. The highest BCUT2D eigenvalue weighted by atomic mass is 16.5. The Bertz CT molecular complexity index is 2910. The van der Waals surface area contributed by atoms with E-state index in [1.54, 1.807) is 12.3 Å². The molecule has 10 nitrogen and oxygen atoms in total. The Morgan fingerprint density at radius 3 is 2.54 bits per heavy atom. The van der Waals surface area contributed by atoms with Crippen molar-refractivity contribution in [3.05, 3.63) is 146 Å². The zero-order valence-electron chi connectivity index (χ0n) is 39.8. The predicted molar refractivity (Wildman–Crippen MR) is 270 cm³/mol. The maximum absolute atomic E-state index is 15.9. The second kappa shape index (κ2) is 19.5. The number of phenols is 2. The van der Waals surface area contributed by atoms with Gasteiger partial charge in [0.2, 0.25) is 0 Å². The van der Waals surface area contributed by atoms with E-state index in [0.717, 1.165) is 114 Å². The number of ketones is 2. The Kier molecular flexibility index (Phi) is 12.8. The number of allylic oxidation sites excluding steroid dienone is 1. The average molecular weight is 938 g/mol. The molecule has 0 saturated heterocycles. The molecule has 1 spiro atoms. The van der Waals surface area contributed by atoms with E-state index in [2.05, 4.69) is 53.2 Å². The van der Waals surface area contributed by atoms with Crippen molar-refractivity contribution < 1.29 is 34.8 Å². The third-order valence-corrected chi connectivity index (χ3v) is 16.7. The van der Waals surface area contributed by atoms with Crippen LogP contribution in [0.15, 0.2) is 84.7 Å². The predicted octanol–water partition coefficient (Wildman–Crippen LogP) is 10.4. The van der Waals surface area contributed by atoms with E-state index < -0.39 is 35.3 Å². The lowest BCUT2D eigenvalue weighted by molar-refractivity contribution is -0.135. The summed E-state index contributed by atoms with van der Waals surface area (Å²) in [5.74, 6) is 5.43. The zero-order valence-corrected chi connectivity index (χ0v) is 39.8. The number of benzene rings is 3. The number of nitrogens with zero attached hydrogens (tertiary/aromatic N) is 2. The summed E-state index contributed by atoms with van der Waals surface area (Å²) >= 11 is 0. The first-order valence-corrected chi connectivity index (χ1v) is 25.8. The Morgan fingerprint density at radius 1 is 0.857 bits per heavy atom. The average Bonchev–Trinajstić information content (AvgIpc) is 4.20. The molecule has 4 aliphatic carbocycles. The number of rotatable bonds is 6. The molecule has 6 aliphatic rings. The molecule has 2 saturated carbocycles. The van der Waals surface area contributed by atoms with E-state index in [0.29, 0.717) is 48.4 Å². The van der Waals surface area contributed by atoms with Gasteiger partial charge in [-0.3, -0.25) is 9.59 Å². The van der Waals surface area contributed by atoms with Crippen LogP contribution in [0.3, 0.4) is 0 Å². The standard InChI is InChI=1S/C60H63N3O7/c64-28-23-46-53(66)20-16-38-31-42(57(68)54(33-38)70-43-8-1-2-9-43)30-37-15-19-49-41(29-37)34-40-21-26-62-59(40)63-50(10-6-12-55(67)60(49)24-3-4-25-60)48-35-51-45(22-27-61-51)47(56(48)58(46)69)32-36-13-17-39-7-5-11-52(65)44(39)18-14-36/h5,7,11,14-15,18-19,21-22,26-27,29,31,33,35-36,43,46-47,50,55-56,62,64-65,67-68H,1-4,8-9,12-13,16-17,20,23-25,28,30,32,34H2/q-2/t36-,46-,47+,50+,55-,56-/m0/s1. The van der Waals surface area contributed by atoms with Crippen molar-refractivity contribution in [2.24, 2.45) is 17.8 Å². The van der Waals surface area contributed by atoms with Crippen LogP contribution in [0.4, 0.5) is 5.82 Å². The third-order valence-electron chi connectivity index (χ3n) is 16.7. The molecule has 0 amide bonds. The number of aromatic amines is 1.